The molecule has 8 heteroatoms. The first-order chi connectivity index (χ1) is 17.3. The van der Waals surface area contributed by atoms with Gasteiger partial charge in [0.1, 0.15) is 11.5 Å². The van der Waals surface area contributed by atoms with E-state index in [2.05, 4.69) is 11.9 Å². The summed E-state index contributed by atoms with van der Waals surface area (Å²) in [7, 11) is 3.10. The molecule has 1 aromatic heterocycles. The van der Waals surface area contributed by atoms with Crippen molar-refractivity contribution in [2.45, 2.75) is 25.9 Å². The van der Waals surface area contributed by atoms with E-state index in [0.717, 1.165) is 16.3 Å². The Morgan fingerprint density at radius 2 is 1.50 bits per heavy atom. The van der Waals surface area contributed by atoms with E-state index in [9.17, 15) is 14.4 Å². The zero-order valence-electron chi connectivity index (χ0n) is 20.8. The van der Waals surface area contributed by atoms with Crippen LogP contribution in [0.15, 0.2) is 67.3 Å². The molecule has 0 radical (unpaired) electrons. The summed E-state index contributed by atoms with van der Waals surface area (Å²) in [6.45, 7) is 7.69. The van der Waals surface area contributed by atoms with Gasteiger partial charge in [-0.15, -0.1) is 6.58 Å². The molecule has 0 saturated carbocycles. The third kappa shape index (κ3) is 4.04. The van der Waals surface area contributed by atoms with Gasteiger partial charge in [0, 0.05) is 23.5 Å². The van der Waals surface area contributed by atoms with Gasteiger partial charge in [-0.1, -0.05) is 30.3 Å². The summed E-state index contributed by atoms with van der Waals surface area (Å²) in [5.41, 5.74) is 1.73. The van der Waals surface area contributed by atoms with Crippen LogP contribution in [0.3, 0.4) is 0 Å². The van der Waals surface area contributed by atoms with Crippen LogP contribution in [0.4, 0.5) is 4.79 Å². The minimum absolute atomic E-state index is 0.317. The predicted octanol–water partition coefficient (Wildman–Crippen LogP) is 3.99. The second-order valence-electron chi connectivity index (χ2n) is 8.64. The molecule has 1 N–H and O–H groups in total. The van der Waals surface area contributed by atoms with Gasteiger partial charge in [0.2, 0.25) is 0 Å². The van der Waals surface area contributed by atoms with E-state index in [0.29, 0.717) is 34.7 Å². The minimum atomic E-state index is -1.50. The molecule has 1 aliphatic heterocycles. The fraction of sp³-hybridized carbons (Fsp3) is 0.250. The number of methoxy groups -OCH3 is 2. The quantitative estimate of drug-likeness (QED) is 0.280. The number of imide groups is 1. The summed E-state index contributed by atoms with van der Waals surface area (Å²) in [5.74, 6) is 0.378. The summed E-state index contributed by atoms with van der Waals surface area (Å²) >= 11 is 0. The lowest BCUT2D eigenvalue weighted by atomic mass is 9.82. The van der Waals surface area contributed by atoms with E-state index in [1.54, 1.807) is 74.9 Å². The highest BCUT2D eigenvalue weighted by molar-refractivity contribution is 6.13. The number of amides is 3. The molecule has 4 rings (SSSR count). The molecule has 1 fully saturated rings. The number of aromatic nitrogens is 1. The Balaban J connectivity index is 1.73. The molecule has 0 unspecified atom stereocenters. The lowest BCUT2D eigenvalue weighted by Gasteiger charge is -2.28. The van der Waals surface area contributed by atoms with Gasteiger partial charge in [-0.25, -0.2) is 4.79 Å². The molecule has 0 aliphatic carbocycles. The van der Waals surface area contributed by atoms with Crippen molar-refractivity contribution in [3.8, 4) is 11.5 Å². The Bertz CT molecular complexity index is 1270. The maximum atomic E-state index is 14.0. The molecule has 2 heterocycles. The Morgan fingerprint density at radius 1 is 0.972 bits per heavy atom. The van der Waals surface area contributed by atoms with Crippen molar-refractivity contribution >= 4 is 17.7 Å². The van der Waals surface area contributed by atoms with Crippen molar-refractivity contribution in [1.82, 2.24) is 14.8 Å². The van der Waals surface area contributed by atoms with Crippen LogP contribution in [0, 0.1) is 13.8 Å². The Kier molecular flexibility index (Phi) is 6.70. The molecular formula is C28H29N3O5. The Hall–Kier alpha value is -4.33. The molecule has 36 heavy (non-hydrogen) atoms. The number of hydrogen-bond donors (Lipinski definition) is 1. The van der Waals surface area contributed by atoms with Crippen LogP contribution < -0.4 is 14.8 Å². The maximum Gasteiger partial charge on any atom is 0.325 e. The van der Waals surface area contributed by atoms with E-state index >= 15 is 0 Å². The number of nitrogens with zero attached hydrogens (tertiary/aromatic N) is 2. The van der Waals surface area contributed by atoms with Crippen molar-refractivity contribution in [2.24, 2.45) is 0 Å². The van der Waals surface area contributed by atoms with Gasteiger partial charge in [-0.3, -0.25) is 14.5 Å². The van der Waals surface area contributed by atoms with E-state index in [4.69, 9.17) is 9.47 Å². The molecule has 0 atom stereocenters. The van der Waals surface area contributed by atoms with Gasteiger partial charge in [0.25, 0.3) is 5.91 Å². The Labute approximate surface area is 210 Å². The maximum absolute atomic E-state index is 14.0. The van der Waals surface area contributed by atoms with Gasteiger partial charge in [-0.2, -0.15) is 0 Å². The molecule has 8 nitrogen and oxygen atoms in total. The van der Waals surface area contributed by atoms with Crippen LogP contribution in [0.25, 0.3) is 0 Å². The lowest BCUT2D eigenvalue weighted by Crippen LogP contribution is -2.45. The molecule has 1 saturated heterocycles. The van der Waals surface area contributed by atoms with Gasteiger partial charge in [0.15, 0.2) is 11.3 Å². The highest BCUT2D eigenvalue weighted by atomic mass is 16.5. The summed E-state index contributed by atoms with van der Waals surface area (Å²) in [6, 6.07) is 15.0. The van der Waals surface area contributed by atoms with E-state index in [-0.39, 0.29) is 12.3 Å². The van der Waals surface area contributed by atoms with Crippen molar-refractivity contribution in [3.63, 3.8) is 0 Å². The first-order valence-electron chi connectivity index (χ1n) is 11.5. The number of nitrogens with one attached hydrogen (secondary N) is 1. The number of aryl methyl sites for hydroxylation is 1. The topological polar surface area (TPSA) is 89.9 Å². The number of rotatable bonds is 9. The molecule has 3 aromatic rings. The molecule has 0 bridgehead atoms. The van der Waals surface area contributed by atoms with Crippen molar-refractivity contribution < 1.29 is 23.9 Å². The average molecular weight is 488 g/mol. The van der Waals surface area contributed by atoms with Gasteiger partial charge in [0.05, 0.1) is 20.8 Å². The van der Waals surface area contributed by atoms with Crippen LogP contribution >= 0.6 is 0 Å². The van der Waals surface area contributed by atoms with Crippen LogP contribution in [0.5, 0.6) is 11.5 Å². The van der Waals surface area contributed by atoms with Crippen LogP contribution in [-0.2, 0) is 16.9 Å². The first kappa shape index (κ1) is 24.8. The standard InChI is InChI=1S/C28H29N3O5/c1-6-15-30-18(2)16-24(19(30)3)25(32)17-31-26(33)28(29-27(31)34,20-7-11-22(35-4)12-8-20)21-9-13-23(36-5)14-10-21/h6-14,16H,1,15,17H2,2-5H3,(H,29,34). The second-order valence-corrected chi connectivity index (χ2v) is 8.64. The monoisotopic (exact) mass is 487 g/mol. The molecule has 1 aliphatic rings. The predicted molar refractivity (Wildman–Crippen MR) is 135 cm³/mol. The number of carbonyl (C=O) groups is 3. The number of ether oxygens (including phenoxy) is 2. The normalized spacial score (nSPS) is 14.5. The fourth-order valence-corrected chi connectivity index (χ4v) is 4.68. The summed E-state index contributed by atoms with van der Waals surface area (Å²) in [4.78, 5) is 41.4. The van der Waals surface area contributed by atoms with Gasteiger partial charge >= 0.3 is 6.03 Å². The number of Topliss-reactive ketones (excluding diaryl/α,β-unsaturated/α-hetero) is 1. The zero-order valence-corrected chi connectivity index (χ0v) is 20.8. The number of benzene rings is 2. The molecule has 2 aromatic carbocycles. The molecule has 3 amide bonds. The number of ketones is 1. The third-order valence-corrected chi connectivity index (χ3v) is 6.64. The van der Waals surface area contributed by atoms with Crippen LogP contribution in [0.1, 0.15) is 32.9 Å². The summed E-state index contributed by atoms with van der Waals surface area (Å²) in [6.07, 6.45) is 1.75. The third-order valence-electron chi connectivity index (χ3n) is 6.64. The molecule has 186 valence electrons. The minimum Gasteiger partial charge on any atom is -0.497 e. The van der Waals surface area contributed by atoms with Crippen LogP contribution in [0.2, 0.25) is 0 Å². The SMILES string of the molecule is C=CCn1c(C)cc(C(=O)CN2C(=O)NC(c3ccc(OC)cc3)(c3ccc(OC)cc3)C2=O)c1C. The highest BCUT2D eigenvalue weighted by Crippen LogP contribution is 2.37. The fourth-order valence-electron chi connectivity index (χ4n) is 4.68. The second kappa shape index (κ2) is 9.73. The smallest absolute Gasteiger partial charge is 0.325 e. The highest BCUT2D eigenvalue weighted by Gasteiger charge is 2.54. The average Bonchev–Trinajstić information content (AvgIpc) is 3.32. The van der Waals surface area contributed by atoms with E-state index < -0.39 is 17.5 Å². The number of allylic oxidation sites excluding steroid dienone is 1. The Morgan fingerprint density at radius 3 is 1.97 bits per heavy atom. The summed E-state index contributed by atoms with van der Waals surface area (Å²) < 4.78 is 12.5. The lowest BCUT2D eigenvalue weighted by molar-refractivity contribution is -0.129. The van der Waals surface area contributed by atoms with E-state index in [1.165, 1.54) is 0 Å². The van der Waals surface area contributed by atoms with Crippen molar-refractivity contribution in [3.05, 3.63) is 95.3 Å². The van der Waals surface area contributed by atoms with E-state index in [1.807, 2.05) is 18.4 Å². The molecule has 0 spiro atoms. The number of urea groups is 1. The van der Waals surface area contributed by atoms with Crippen molar-refractivity contribution in [1.29, 1.82) is 0 Å². The van der Waals surface area contributed by atoms with Crippen molar-refractivity contribution in [2.75, 3.05) is 20.8 Å². The largest absolute Gasteiger partial charge is 0.497 e. The number of hydrogen-bond acceptors (Lipinski definition) is 5. The zero-order chi connectivity index (χ0) is 26.0. The van der Waals surface area contributed by atoms with Gasteiger partial charge < -0.3 is 19.4 Å². The van der Waals surface area contributed by atoms with Gasteiger partial charge in [-0.05, 0) is 55.3 Å². The first-order valence-corrected chi connectivity index (χ1v) is 11.5. The molecular weight excluding hydrogens is 458 g/mol. The number of carbonyl (C=O) groups excluding carboxylic acids is 3. The van der Waals surface area contributed by atoms with Crippen LogP contribution in [-0.4, -0.2) is 48.0 Å². The summed E-state index contributed by atoms with van der Waals surface area (Å²) in [5, 5.41) is 2.87.